The summed E-state index contributed by atoms with van der Waals surface area (Å²) in [6, 6.07) is 7.78. The number of carbonyl (C=O) groups excluding carboxylic acids is 2. The predicted molar refractivity (Wildman–Crippen MR) is 77.2 cm³/mol. The van der Waals surface area contributed by atoms with Crippen LogP contribution in [0.4, 0.5) is 4.79 Å². The van der Waals surface area contributed by atoms with Crippen molar-refractivity contribution in [2.45, 2.75) is 13.0 Å². The van der Waals surface area contributed by atoms with Crippen molar-refractivity contribution >= 4 is 11.9 Å². The molecule has 0 unspecified atom stereocenters. The molecule has 20 heavy (non-hydrogen) atoms. The lowest BCUT2D eigenvalue weighted by molar-refractivity contribution is -0.130. The number of nitrogens with zero attached hydrogens (tertiary/aromatic N) is 1. The van der Waals surface area contributed by atoms with Gasteiger partial charge in [0.25, 0.3) is 0 Å². The van der Waals surface area contributed by atoms with Gasteiger partial charge in [-0.25, -0.2) is 4.79 Å². The smallest absolute Gasteiger partial charge is 0.315 e. The fraction of sp³-hybridized carbons (Fsp3) is 0.333. The normalized spacial score (nSPS) is 13.3. The third-order valence-corrected chi connectivity index (χ3v) is 3.29. The Bertz CT molecular complexity index is 514. The number of hydrogen-bond acceptors (Lipinski definition) is 2. The Morgan fingerprint density at radius 3 is 2.75 bits per heavy atom. The molecule has 1 aliphatic heterocycles. The van der Waals surface area contributed by atoms with Crippen LogP contribution in [0.5, 0.6) is 0 Å². The molecule has 1 heterocycles. The SMILES string of the molecule is C=CCNC(=O)NCC(=O)N1CCc2ccccc2C1. The van der Waals surface area contributed by atoms with Crippen LogP contribution in [0, 0.1) is 0 Å². The van der Waals surface area contributed by atoms with E-state index in [9.17, 15) is 9.59 Å². The highest BCUT2D eigenvalue weighted by Crippen LogP contribution is 2.18. The minimum absolute atomic E-state index is 0.0190. The van der Waals surface area contributed by atoms with Gasteiger partial charge < -0.3 is 15.5 Å². The van der Waals surface area contributed by atoms with E-state index in [-0.39, 0.29) is 18.5 Å². The molecule has 1 aliphatic rings. The molecule has 0 atom stereocenters. The molecule has 106 valence electrons. The summed E-state index contributed by atoms with van der Waals surface area (Å²) in [6.45, 7) is 5.23. The van der Waals surface area contributed by atoms with Crippen molar-refractivity contribution in [3.05, 3.63) is 48.0 Å². The number of hydrogen-bond donors (Lipinski definition) is 2. The quantitative estimate of drug-likeness (QED) is 0.806. The van der Waals surface area contributed by atoms with Gasteiger partial charge >= 0.3 is 6.03 Å². The molecular formula is C15H19N3O2. The lowest BCUT2D eigenvalue weighted by Gasteiger charge is -2.28. The summed E-state index contributed by atoms with van der Waals surface area (Å²) in [4.78, 5) is 25.2. The van der Waals surface area contributed by atoms with Gasteiger partial charge in [0.2, 0.25) is 5.91 Å². The maximum atomic E-state index is 12.0. The molecule has 0 aromatic heterocycles. The van der Waals surface area contributed by atoms with Crippen LogP contribution in [0.3, 0.4) is 0 Å². The standard InChI is InChI=1S/C15H19N3O2/c1-2-8-16-15(20)17-10-14(19)18-9-7-12-5-3-4-6-13(12)11-18/h2-6H,1,7-11H2,(H2,16,17,20). The summed E-state index contributed by atoms with van der Waals surface area (Å²) in [5, 5.41) is 5.12. The maximum Gasteiger partial charge on any atom is 0.315 e. The summed E-state index contributed by atoms with van der Waals surface area (Å²) in [5.74, 6) is -0.0618. The van der Waals surface area contributed by atoms with E-state index < -0.39 is 0 Å². The van der Waals surface area contributed by atoms with E-state index in [2.05, 4.69) is 23.3 Å². The second-order valence-corrected chi connectivity index (χ2v) is 4.69. The van der Waals surface area contributed by atoms with Gasteiger partial charge in [-0.2, -0.15) is 0 Å². The third-order valence-electron chi connectivity index (χ3n) is 3.29. The van der Waals surface area contributed by atoms with Crippen LogP contribution in [0.25, 0.3) is 0 Å². The lowest BCUT2D eigenvalue weighted by atomic mass is 10.00. The van der Waals surface area contributed by atoms with Crippen molar-refractivity contribution in [2.24, 2.45) is 0 Å². The molecule has 0 radical (unpaired) electrons. The molecule has 5 heteroatoms. The second-order valence-electron chi connectivity index (χ2n) is 4.69. The Hall–Kier alpha value is -2.30. The van der Waals surface area contributed by atoms with Gasteiger partial charge in [0.15, 0.2) is 0 Å². The Labute approximate surface area is 118 Å². The predicted octanol–water partition coefficient (Wildman–Crippen LogP) is 1.06. The van der Waals surface area contributed by atoms with E-state index >= 15 is 0 Å². The summed E-state index contributed by atoms with van der Waals surface area (Å²) >= 11 is 0. The van der Waals surface area contributed by atoms with Gasteiger partial charge in [0.1, 0.15) is 0 Å². The first-order valence-electron chi connectivity index (χ1n) is 6.68. The van der Waals surface area contributed by atoms with Crippen LogP contribution in [0.2, 0.25) is 0 Å². The Balaban J connectivity index is 1.83. The summed E-state index contributed by atoms with van der Waals surface area (Å²) < 4.78 is 0. The highest BCUT2D eigenvalue weighted by atomic mass is 16.2. The van der Waals surface area contributed by atoms with Crippen molar-refractivity contribution in [1.82, 2.24) is 15.5 Å². The van der Waals surface area contributed by atoms with E-state index in [1.807, 2.05) is 18.2 Å². The molecule has 0 spiro atoms. The van der Waals surface area contributed by atoms with Gasteiger partial charge in [-0.05, 0) is 17.5 Å². The van der Waals surface area contributed by atoms with Crippen LogP contribution in [0.1, 0.15) is 11.1 Å². The molecule has 0 aliphatic carbocycles. The molecule has 0 bridgehead atoms. The molecule has 2 N–H and O–H groups in total. The van der Waals surface area contributed by atoms with E-state index in [0.29, 0.717) is 19.6 Å². The number of nitrogens with one attached hydrogen (secondary N) is 2. The van der Waals surface area contributed by atoms with Gasteiger partial charge in [0, 0.05) is 19.6 Å². The van der Waals surface area contributed by atoms with Crippen molar-refractivity contribution in [2.75, 3.05) is 19.6 Å². The number of rotatable bonds is 4. The van der Waals surface area contributed by atoms with Crippen molar-refractivity contribution in [3.63, 3.8) is 0 Å². The van der Waals surface area contributed by atoms with Gasteiger partial charge in [-0.3, -0.25) is 4.79 Å². The molecule has 3 amide bonds. The summed E-state index contributed by atoms with van der Waals surface area (Å²) in [6.07, 6.45) is 2.45. The van der Waals surface area contributed by atoms with Gasteiger partial charge in [-0.1, -0.05) is 30.3 Å². The van der Waals surface area contributed by atoms with Gasteiger partial charge in [0.05, 0.1) is 6.54 Å². The number of carbonyl (C=O) groups is 2. The van der Waals surface area contributed by atoms with E-state index in [4.69, 9.17) is 0 Å². The topological polar surface area (TPSA) is 61.4 Å². The zero-order chi connectivity index (χ0) is 14.4. The zero-order valence-electron chi connectivity index (χ0n) is 11.4. The maximum absolute atomic E-state index is 12.0. The number of urea groups is 1. The van der Waals surface area contributed by atoms with Crippen LogP contribution in [0.15, 0.2) is 36.9 Å². The molecule has 0 fully saturated rings. The Morgan fingerprint density at radius 2 is 2.00 bits per heavy atom. The first-order valence-corrected chi connectivity index (χ1v) is 6.68. The minimum Gasteiger partial charge on any atom is -0.336 e. The number of amides is 3. The molecule has 5 nitrogen and oxygen atoms in total. The number of fused-ring (bicyclic) bond motifs is 1. The van der Waals surface area contributed by atoms with Crippen LogP contribution in [-0.4, -0.2) is 36.5 Å². The van der Waals surface area contributed by atoms with E-state index in [1.165, 1.54) is 11.1 Å². The summed E-state index contributed by atoms with van der Waals surface area (Å²) in [7, 11) is 0. The first-order chi connectivity index (χ1) is 9.70. The first kappa shape index (κ1) is 14.1. The Morgan fingerprint density at radius 1 is 1.25 bits per heavy atom. The fourth-order valence-electron chi connectivity index (χ4n) is 2.20. The van der Waals surface area contributed by atoms with Gasteiger partial charge in [-0.15, -0.1) is 6.58 Å². The van der Waals surface area contributed by atoms with E-state index in [0.717, 1.165) is 6.42 Å². The average Bonchev–Trinajstić information content (AvgIpc) is 2.50. The van der Waals surface area contributed by atoms with Crippen LogP contribution in [-0.2, 0) is 17.8 Å². The minimum atomic E-state index is -0.351. The number of benzene rings is 1. The lowest BCUT2D eigenvalue weighted by Crippen LogP contribution is -2.45. The Kier molecular flexibility index (Phi) is 4.76. The zero-order valence-corrected chi connectivity index (χ0v) is 11.4. The molecule has 1 aromatic carbocycles. The molecule has 1 aromatic rings. The van der Waals surface area contributed by atoms with E-state index in [1.54, 1.807) is 11.0 Å². The molecule has 0 saturated carbocycles. The highest BCUT2D eigenvalue weighted by Gasteiger charge is 2.20. The fourth-order valence-corrected chi connectivity index (χ4v) is 2.20. The van der Waals surface area contributed by atoms with Crippen molar-refractivity contribution in [3.8, 4) is 0 Å². The largest absolute Gasteiger partial charge is 0.336 e. The van der Waals surface area contributed by atoms with Crippen LogP contribution < -0.4 is 10.6 Å². The monoisotopic (exact) mass is 273 g/mol. The molecule has 0 saturated heterocycles. The average molecular weight is 273 g/mol. The molecular weight excluding hydrogens is 254 g/mol. The summed E-state index contributed by atoms with van der Waals surface area (Å²) in [5.41, 5.74) is 2.48. The highest BCUT2D eigenvalue weighted by molar-refractivity contribution is 5.84. The second kappa shape index (κ2) is 6.75. The molecule has 2 rings (SSSR count). The van der Waals surface area contributed by atoms with Crippen molar-refractivity contribution < 1.29 is 9.59 Å². The third kappa shape index (κ3) is 3.60. The van der Waals surface area contributed by atoms with Crippen molar-refractivity contribution in [1.29, 1.82) is 0 Å². The van der Waals surface area contributed by atoms with Crippen LogP contribution >= 0.6 is 0 Å².